The van der Waals surface area contributed by atoms with Gasteiger partial charge in [0.05, 0.1) is 19.2 Å². The number of nitrogens with one attached hydrogen (secondary N) is 2. The van der Waals surface area contributed by atoms with Gasteiger partial charge < -0.3 is 15.2 Å². The summed E-state index contributed by atoms with van der Waals surface area (Å²) in [5, 5.41) is 16.6. The van der Waals surface area contributed by atoms with Crippen LogP contribution in [0.3, 0.4) is 0 Å². The Balaban J connectivity index is 1.75. The first kappa shape index (κ1) is 24.5. The third-order valence-corrected chi connectivity index (χ3v) is 5.37. The van der Waals surface area contributed by atoms with Crippen LogP contribution in [0, 0.1) is 5.92 Å². The summed E-state index contributed by atoms with van der Waals surface area (Å²) in [6, 6.07) is 22.9. The van der Waals surface area contributed by atoms with Gasteiger partial charge in [0, 0.05) is 0 Å². The second-order valence-electron chi connectivity index (χ2n) is 8.15. The Morgan fingerprint density at radius 1 is 0.912 bits per heavy atom. The summed E-state index contributed by atoms with van der Waals surface area (Å²) in [4.78, 5) is 26.3. The average molecular weight is 460 g/mol. The van der Waals surface area contributed by atoms with Crippen LogP contribution >= 0.6 is 0 Å². The molecule has 34 heavy (non-hydrogen) atoms. The van der Waals surface area contributed by atoms with E-state index in [2.05, 4.69) is 15.8 Å². The number of hydrazone groups is 1. The summed E-state index contributed by atoms with van der Waals surface area (Å²) in [5.74, 6) is -1.10. The summed E-state index contributed by atoms with van der Waals surface area (Å²) in [6.45, 7) is 3.72. The van der Waals surface area contributed by atoms with Crippen molar-refractivity contribution in [2.75, 3.05) is 7.11 Å². The van der Waals surface area contributed by atoms with E-state index in [9.17, 15) is 14.7 Å². The van der Waals surface area contributed by atoms with E-state index in [1.165, 1.54) is 19.4 Å². The molecule has 3 N–H and O–H groups in total. The smallest absolute Gasteiger partial charge is 0.262 e. The number of amides is 2. The number of phenolic OH excluding ortho intramolecular Hbond substituents is 1. The summed E-state index contributed by atoms with van der Waals surface area (Å²) in [6.07, 6.45) is 1.44. The predicted octanol–water partition coefficient (Wildman–Crippen LogP) is 3.82. The van der Waals surface area contributed by atoms with Gasteiger partial charge in [0.15, 0.2) is 11.5 Å². The standard InChI is InChI=1S/C27H29N3O4/c1-18(2)25(27(33)30-28-17-19-14-15-22(31)23(16-19)34-3)29-26(32)24(20-10-6-4-7-11-20)21-12-8-5-9-13-21/h4-18,24-25,31H,1-3H3,(H,29,32)(H,30,33)/b28-17+. The molecule has 3 aromatic carbocycles. The Bertz CT molecular complexity index is 1090. The molecule has 3 aromatic rings. The van der Waals surface area contributed by atoms with Gasteiger partial charge in [-0.3, -0.25) is 9.59 Å². The monoisotopic (exact) mass is 459 g/mol. The quantitative estimate of drug-likeness (QED) is 0.335. The summed E-state index contributed by atoms with van der Waals surface area (Å²) >= 11 is 0. The number of benzene rings is 3. The van der Waals surface area contributed by atoms with Crippen LogP contribution in [0.25, 0.3) is 0 Å². The van der Waals surface area contributed by atoms with Crippen molar-refractivity contribution in [3.63, 3.8) is 0 Å². The normalized spacial score (nSPS) is 12.0. The lowest BCUT2D eigenvalue weighted by Gasteiger charge is -2.24. The lowest BCUT2D eigenvalue weighted by Crippen LogP contribution is -2.50. The van der Waals surface area contributed by atoms with Crippen LogP contribution in [0.2, 0.25) is 0 Å². The minimum atomic E-state index is -0.783. The van der Waals surface area contributed by atoms with Gasteiger partial charge in [-0.05, 0) is 40.8 Å². The molecule has 176 valence electrons. The van der Waals surface area contributed by atoms with Crippen molar-refractivity contribution in [3.8, 4) is 11.5 Å². The minimum Gasteiger partial charge on any atom is -0.504 e. The molecule has 0 aliphatic carbocycles. The first-order chi connectivity index (χ1) is 16.4. The van der Waals surface area contributed by atoms with Crippen molar-refractivity contribution in [2.45, 2.75) is 25.8 Å². The van der Waals surface area contributed by atoms with Gasteiger partial charge in [-0.15, -0.1) is 0 Å². The number of aromatic hydroxyl groups is 1. The zero-order valence-electron chi connectivity index (χ0n) is 19.4. The number of methoxy groups -OCH3 is 1. The van der Waals surface area contributed by atoms with Gasteiger partial charge >= 0.3 is 0 Å². The average Bonchev–Trinajstić information content (AvgIpc) is 2.84. The molecule has 7 nitrogen and oxygen atoms in total. The zero-order chi connectivity index (χ0) is 24.5. The maximum Gasteiger partial charge on any atom is 0.262 e. The molecule has 0 heterocycles. The Kier molecular flexibility index (Phi) is 8.40. The highest BCUT2D eigenvalue weighted by Crippen LogP contribution is 2.26. The number of hydrogen-bond acceptors (Lipinski definition) is 5. The lowest BCUT2D eigenvalue weighted by molar-refractivity contribution is -0.130. The number of phenols is 1. The van der Waals surface area contributed by atoms with E-state index in [1.54, 1.807) is 12.1 Å². The molecule has 0 fully saturated rings. The van der Waals surface area contributed by atoms with Crippen molar-refractivity contribution < 1.29 is 19.4 Å². The fourth-order valence-corrected chi connectivity index (χ4v) is 3.57. The van der Waals surface area contributed by atoms with E-state index in [0.29, 0.717) is 11.3 Å². The number of carbonyl (C=O) groups is 2. The molecular formula is C27H29N3O4. The third-order valence-electron chi connectivity index (χ3n) is 5.37. The highest BCUT2D eigenvalue weighted by Gasteiger charge is 2.29. The van der Waals surface area contributed by atoms with Crippen molar-refractivity contribution in [1.29, 1.82) is 0 Å². The fraction of sp³-hybridized carbons (Fsp3) is 0.222. The molecule has 0 aliphatic rings. The molecule has 0 aliphatic heterocycles. The minimum absolute atomic E-state index is 0.0117. The van der Waals surface area contributed by atoms with Gasteiger partial charge in [-0.25, -0.2) is 5.43 Å². The second-order valence-corrected chi connectivity index (χ2v) is 8.15. The van der Waals surface area contributed by atoms with E-state index in [1.807, 2.05) is 74.5 Å². The number of carbonyl (C=O) groups excluding carboxylic acids is 2. The second kappa shape index (κ2) is 11.7. The Labute approximate surface area is 199 Å². The lowest BCUT2D eigenvalue weighted by atomic mass is 9.89. The largest absolute Gasteiger partial charge is 0.504 e. The Morgan fingerprint density at radius 2 is 1.50 bits per heavy atom. The Morgan fingerprint density at radius 3 is 2.03 bits per heavy atom. The maximum atomic E-state index is 13.4. The molecule has 0 bridgehead atoms. The van der Waals surface area contributed by atoms with Crippen LogP contribution in [0.15, 0.2) is 84.0 Å². The molecule has 0 radical (unpaired) electrons. The molecule has 0 spiro atoms. The summed E-state index contributed by atoms with van der Waals surface area (Å²) in [5.41, 5.74) is 4.82. The van der Waals surface area contributed by atoms with Crippen LogP contribution < -0.4 is 15.5 Å². The van der Waals surface area contributed by atoms with Gasteiger partial charge in [-0.1, -0.05) is 74.5 Å². The topological polar surface area (TPSA) is 100 Å². The fourth-order valence-electron chi connectivity index (χ4n) is 3.57. The first-order valence-electron chi connectivity index (χ1n) is 11.0. The van der Waals surface area contributed by atoms with Crippen LogP contribution in [-0.2, 0) is 9.59 Å². The molecule has 1 unspecified atom stereocenters. The van der Waals surface area contributed by atoms with E-state index < -0.39 is 17.9 Å². The van der Waals surface area contributed by atoms with E-state index >= 15 is 0 Å². The zero-order valence-corrected chi connectivity index (χ0v) is 19.4. The molecule has 1 atom stereocenters. The summed E-state index contributed by atoms with van der Waals surface area (Å²) < 4.78 is 5.08. The van der Waals surface area contributed by atoms with Crippen LogP contribution in [0.5, 0.6) is 11.5 Å². The van der Waals surface area contributed by atoms with Gasteiger partial charge in [0.2, 0.25) is 5.91 Å². The van der Waals surface area contributed by atoms with Crippen LogP contribution in [0.1, 0.15) is 36.5 Å². The van der Waals surface area contributed by atoms with Gasteiger partial charge in [-0.2, -0.15) is 5.10 Å². The van der Waals surface area contributed by atoms with Gasteiger partial charge in [0.25, 0.3) is 5.91 Å². The first-order valence-corrected chi connectivity index (χ1v) is 11.0. The van der Waals surface area contributed by atoms with Crippen molar-refractivity contribution >= 4 is 18.0 Å². The van der Waals surface area contributed by atoms with Crippen molar-refractivity contribution in [1.82, 2.24) is 10.7 Å². The predicted molar refractivity (Wildman–Crippen MR) is 132 cm³/mol. The number of nitrogens with zero attached hydrogens (tertiary/aromatic N) is 1. The number of rotatable bonds is 9. The molecule has 7 heteroatoms. The SMILES string of the molecule is COc1cc(/C=N/NC(=O)C(NC(=O)C(c2ccccc2)c2ccccc2)C(C)C)ccc1O. The van der Waals surface area contributed by atoms with E-state index in [-0.39, 0.29) is 17.6 Å². The molecule has 2 amide bonds. The molecule has 0 aromatic heterocycles. The van der Waals surface area contributed by atoms with Crippen LogP contribution in [0.4, 0.5) is 0 Å². The van der Waals surface area contributed by atoms with Crippen molar-refractivity contribution in [3.05, 3.63) is 95.6 Å². The van der Waals surface area contributed by atoms with E-state index in [0.717, 1.165) is 11.1 Å². The van der Waals surface area contributed by atoms with E-state index in [4.69, 9.17) is 4.74 Å². The summed E-state index contributed by atoms with van der Waals surface area (Å²) in [7, 11) is 1.45. The molecular weight excluding hydrogens is 430 g/mol. The number of hydrogen-bond donors (Lipinski definition) is 3. The molecule has 0 saturated heterocycles. The highest BCUT2D eigenvalue weighted by atomic mass is 16.5. The molecule has 0 saturated carbocycles. The highest BCUT2D eigenvalue weighted by molar-refractivity contribution is 5.93. The third kappa shape index (κ3) is 6.22. The maximum absolute atomic E-state index is 13.4. The number of ether oxygens (including phenoxy) is 1. The van der Waals surface area contributed by atoms with Crippen molar-refractivity contribution in [2.24, 2.45) is 11.0 Å². The van der Waals surface area contributed by atoms with Crippen LogP contribution in [-0.4, -0.2) is 36.3 Å². The molecule has 3 rings (SSSR count). The Hall–Kier alpha value is -4.13. The van der Waals surface area contributed by atoms with Gasteiger partial charge in [0.1, 0.15) is 6.04 Å².